The van der Waals surface area contributed by atoms with Gasteiger partial charge in [0.1, 0.15) is 12.7 Å². The molecule has 0 bridgehead atoms. The number of benzene rings is 3. The number of halogens is 4. The fraction of sp³-hybridized carbons (Fsp3) is 0.448. The van der Waals surface area contributed by atoms with Crippen molar-refractivity contribution in [1.29, 1.82) is 0 Å². The molecular formula is C29H32F4O2. The molecule has 2 unspecified atom stereocenters. The van der Waals surface area contributed by atoms with E-state index < -0.39 is 29.0 Å². The van der Waals surface area contributed by atoms with E-state index >= 15 is 4.39 Å². The van der Waals surface area contributed by atoms with Gasteiger partial charge in [0.25, 0.3) is 0 Å². The van der Waals surface area contributed by atoms with E-state index in [1.165, 1.54) is 24.3 Å². The highest BCUT2D eigenvalue weighted by Gasteiger charge is 2.39. The Labute approximate surface area is 204 Å². The Kier molecular flexibility index (Phi) is 8.32. The fourth-order valence-corrected chi connectivity index (χ4v) is 4.51. The Balaban J connectivity index is 1.52. The molecule has 1 aliphatic heterocycles. The summed E-state index contributed by atoms with van der Waals surface area (Å²) in [7, 11) is 0. The molecule has 0 N–H and O–H groups in total. The quantitative estimate of drug-likeness (QED) is 0.145. The van der Waals surface area contributed by atoms with Crippen molar-refractivity contribution in [3.05, 3.63) is 65.2 Å². The smallest absolute Gasteiger partial charge is 0.191 e. The number of unbranched alkanes of at least 4 members (excludes halogenated alkanes) is 4. The van der Waals surface area contributed by atoms with Gasteiger partial charge in [-0.15, -0.1) is 0 Å². The topological polar surface area (TPSA) is 21.8 Å². The van der Waals surface area contributed by atoms with Crippen LogP contribution in [-0.4, -0.2) is 18.8 Å². The Morgan fingerprint density at radius 3 is 2.37 bits per heavy atom. The zero-order valence-electron chi connectivity index (χ0n) is 20.3. The number of rotatable bonds is 12. The molecule has 0 spiro atoms. The van der Waals surface area contributed by atoms with Gasteiger partial charge in [-0.1, -0.05) is 70.2 Å². The third-order valence-electron chi connectivity index (χ3n) is 6.68. The van der Waals surface area contributed by atoms with Crippen LogP contribution in [0.4, 0.5) is 17.6 Å². The van der Waals surface area contributed by atoms with E-state index in [1.54, 1.807) is 6.07 Å². The lowest BCUT2D eigenvalue weighted by Crippen LogP contribution is -2.10. The van der Waals surface area contributed by atoms with Crippen molar-refractivity contribution in [2.75, 3.05) is 6.61 Å². The van der Waals surface area contributed by atoms with Gasteiger partial charge < -0.3 is 9.47 Å². The second kappa shape index (κ2) is 11.4. The van der Waals surface area contributed by atoms with Crippen molar-refractivity contribution >= 4 is 10.8 Å². The third-order valence-corrected chi connectivity index (χ3v) is 6.68. The molecule has 1 fully saturated rings. The average Bonchev–Trinajstić information content (AvgIpc) is 3.60. The number of hydrogen-bond acceptors (Lipinski definition) is 2. The molecular weight excluding hydrogens is 456 g/mol. The average molecular weight is 489 g/mol. The molecule has 1 heterocycles. The summed E-state index contributed by atoms with van der Waals surface area (Å²) in [6.45, 7) is 4.27. The van der Waals surface area contributed by atoms with Crippen LogP contribution in [-0.2, 0) is 11.2 Å². The van der Waals surface area contributed by atoms with Crippen molar-refractivity contribution in [2.24, 2.45) is 0 Å². The minimum Gasteiger partial charge on any atom is -0.485 e. The minimum atomic E-state index is -0.944. The van der Waals surface area contributed by atoms with Crippen LogP contribution in [0.15, 0.2) is 36.4 Å². The third kappa shape index (κ3) is 5.80. The van der Waals surface area contributed by atoms with Crippen molar-refractivity contribution in [3.8, 4) is 16.9 Å². The maximum Gasteiger partial charge on any atom is 0.191 e. The standard InChI is InChI=1S/C29H32F4O2/c1-3-5-7-8-9-18-11-13-21(27(32)26(18)31)19-12-14-22-20(15-19)16-23(30)29(28(22)33)34-17-25-24(35-25)10-6-4-2/h11-16,24-25H,3-10,17H2,1-2H3. The second-order valence-electron chi connectivity index (χ2n) is 9.31. The van der Waals surface area contributed by atoms with Gasteiger partial charge in [-0.3, -0.25) is 0 Å². The van der Waals surface area contributed by atoms with E-state index in [4.69, 9.17) is 9.47 Å². The van der Waals surface area contributed by atoms with E-state index in [0.29, 0.717) is 17.5 Å². The number of epoxide rings is 1. The lowest BCUT2D eigenvalue weighted by molar-refractivity contribution is 0.242. The predicted molar refractivity (Wildman–Crippen MR) is 131 cm³/mol. The number of ether oxygens (including phenoxy) is 2. The zero-order valence-corrected chi connectivity index (χ0v) is 20.3. The summed E-state index contributed by atoms with van der Waals surface area (Å²) in [6, 6.07) is 8.71. The first-order valence-electron chi connectivity index (χ1n) is 12.6. The van der Waals surface area contributed by atoms with E-state index in [1.807, 2.05) is 0 Å². The van der Waals surface area contributed by atoms with Gasteiger partial charge in [0.05, 0.1) is 6.10 Å². The van der Waals surface area contributed by atoms with Crippen LogP contribution in [0.25, 0.3) is 21.9 Å². The number of aryl methyl sites for hydroxylation is 1. The van der Waals surface area contributed by atoms with Crippen LogP contribution in [0.1, 0.15) is 64.4 Å². The first-order valence-corrected chi connectivity index (χ1v) is 12.6. The van der Waals surface area contributed by atoms with Crippen LogP contribution in [0.5, 0.6) is 5.75 Å². The monoisotopic (exact) mass is 488 g/mol. The highest BCUT2D eigenvalue weighted by atomic mass is 19.2. The molecule has 35 heavy (non-hydrogen) atoms. The Hall–Kier alpha value is -2.60. The van der Waals surface area contributed by atoms with Crippen LogP contribution < -0.4 is 4.74 Å². The van der Waals surface area contributed by atoms with Crippen LogP contribution in [0.2, 0.25) is 0 Å². The van der Waals surface area contributed by atoms with E-state index in [-0.39, 0.29) is 35.2 Å². The van der Waals surface area contributed by atoms with E-state index in [2.05, 4.69) is 13.8 Å². The molecule has 0 saturated carbocycles. The van der Waals surface area contributed by atoms with Gasteiger partial charge in [0.2, 0.25) is 0 Å². The molecule has 0 amide bonds. The van der Waals surface area contributed by atoms with Gasteiger partial charge >= 0.3 is 0 Å². The van der Waals surface area contributed by atoms with Crippen molar-refractivity contribution in [2.45, 2.75) is 77.4 Å². The summed E-state index contributed by atoms with van der Waals surface area (Å²) in [5.74, 6) is -3.90. The molecule has 0 aliphatic carbocycles. The van der Waals surface area contributed by atoms with Crippen molar-refractivity contribution in [3.63, 3.8) is 0 Å². The molecule has 3 aromatic rings. The largest absolute Gasteiger partial charge is 0.485 e. The molecule has 0 aromatic heterocycles. The molecule has 1 aliphatic rings. The van der Waals surface area contributed by atoms with Crippen LogP contribution in [0.3, 0.4) is 0 Å². The summed E-state index contributed by atoms with van der Waals surface area (Å²) in [4.78, 5) is 0. The summed E-state index contributed by atoms with van der Waals surface area (Å²) < 4.78 is 70.3. The fourth-order valence-electron chi connectivity index (χ4n) is 4.51. The molecule has 1 saturated heterocycles. The highest BCUT2D eigenvalue weighted by Crippen LogP contribution is 2.35. The molecule has 2 atom stereocenters. The first-order chi connectivity index (χ1) is 16.9. The predicted octanol–water partition coefficient (Wildman–Crippen LogP) is 8.52. The van der Waals surface area contributed by atoms with E-state index in [9.17, 15) is 13.2 Å². The molecule has 6 heteroatoms. The number of hydrogen-bond donors (Lipinski definition) is 0. The van der Waals surface area contributed by atoms with Gasteiger partial charge in [-0.05, 0) is 47.9 Å². The molecule has 0 radical (unpaired) electrons. The van der Waals surface area contributed by atoms with Gasteiger partial charge in [0, 0.05) is 10.9 Å². The molecule has 4 rings (SSSR count). The second-order valence-corrected chi connectivity index (χ2v) is 9.31. The maximum absolute atomic E-state index is 15.1. The Morgan fingerprint density at radius 1 is 0.800 bits per heavy atom. The summed E-state index contributed by atoms with van der Waals surface area (Å²) >= 11 is 0. The lowest BCUT2D eigenvalue weighted by atomic mass is 9.97. The summed E-state index contributed by atoms with van der Waals surface area (Å²) in [6.07, 6.45) is 7.33. The Bertz CT molecular complexity index is 1180. The summed E-state index contributed by atoms with van der Waals surface area (Å²) in [5.41, 5.74) is 0.759. The molecule has 3 aromatic carbocycles. The van der Waals surface area contributed by atoms with Gasteiger partial charge in [-0.25, -0.2) is 17.6 Å². The van der Waals surface area contributed by atoms with Crippen LogP contribution in [0, 0.1) is 23.3 Å². The SMILES string of the molecule is CCCCCCc1ccc(-c2ccc3c(F)c(OCC4OC4CCCC)c(F)cc3c2)c(F)c1F. The van der Waals surface area contributed by atoms with Crippen molar-refractivity contribution < 1.29 is 27.0 Å². The normalized spacial score (nSPS) is 17.2. The summed E-state index contributed by atoms with van der Waals surface area (Å²) in [5, 5.41) is 0.398. The first kappa shape index (κ1) is 25.5. The maximum atomic E-state index is 15.1. The van der Waals surface area contributed by atoms with Gasteiger partial charge in [0.15, 0.2) is 29.0 Å². The number of fused-ring (bicyclic) bond motifs is 1. The molecule has 188 valence electrons. The molecule has 2 nitrogen and oxygen atoms in total. The highest BCUT2D eigenvalue weighted by molar-refractivity contribution is 5.89. The Morgan fingerprint density at radius 2 is 1.60 bits per heavy atom. The lowest BCUT2D eigenvalue weighted by Gasteiger charge is -2.12. The minimum absolute atomic E-state index is 0.0619. The van der Waals surface area contributed by atoms with Gasteiger partial charge in [-0.2, -0.15) is 0 Å². The van der Waals surface area contributed by atoms with Crippen molar-refractivity contribution in [1.82, 2.24) is 0 Å². The zero-order chi connectivity index (χ0) is 24.9. The van der Waals surface area contributed by atoms with Crippen LogP contribution >= 0.6 is 0 Å². The van der Waals surface area contributed by atoms with E-state index in [0.717, 1.165) is 51.0 Å².